The lowest BCUT2D eigenvalue weighted by atomic mass is 9.85. The highest BCUT2D eigenvalue weighted by molar-refractivity contribution is 5.74. The van der Waals surface area contributed by atoms with Crippen molar-refractivity contribution in [3.63, 3.8) is 0 Å². The first-order chi connectivity index (χ1) is 10.1. The summed E-state index contributed by atoms with van der Waals surface area (Å²) < 4.78 is 11.1. The van der Waals surface area contributed by atoms with E-state index >= 15 is 0 Å². The van der Waals surface area contributed by atoms with Crippen LogP contribution in [-0.4, -0.2) is 18.7 Å². The number of carbonyl (C=O) groups is 1. The van der Waals surface area contributed by atoms with Crippen molar-refractivity contribution in [2.45, 2.75) is 66.4 Å². The van der Waals surface area contributed by atoms with Crippen molar-refractivity contribution in [3.8, 4) is 5.75 Å². The van der Waals surface area contributed by atoms with Crippen LogP contribution in [0, 0.1) is 5.92 Å². The third kappa shape index (κ3) is 6.08. The monoisotopic (exact) mass is 306 g/mol. The zero-order valence-corrected chi connectivity index (χ0v) is 15.0. The lowest BCUT2D eigenvalue weighted by Crippen LogP contribution is -2.17. The van der Waals surface area contributed by atoms with Gasteiger partial charge < -0.3 is 9.47 Å². The fourth-order valence-corrected chi connectivity index (χ4v) is 2.04. The Bertz CT molecular complexity index is 496. The average molecular weight is 306 g/mol. The number of esters is 1. The normalized spacial score (nSPS) is 11.9. The van der Waals surface area contributed by atoms with Crippen molar-refractivity contribution in [1.82, 2.24) is 0 Å². The van der Waals surface area contributed by atoms with Gasteiger partial charge in [-0.2, -0.15) is 0 Å². The summed E-state index contributed by atoms with van der Waals surface area (Å²) in [5.41, 5.74) is 2.13. The van der Waals surface area contributed by atoms with Crippen LogP contribution in [0.4, 0.5) is 0 Å². The first-order valence-corrected chi connectivity index (χ1v) is 8.05. The molecule has 124 valence electrons. The molecule has 0 aliphatic heterocycles. The van der Waals surface area contributed by atoms with E-state index in [1.807, 2.05) is 19.9 Å². The summed E-state index contributed by atoms with van der Waals surface area (Å²) in [6, 6.07) is 6.12. The summed E-state index contributed by atoms with van der Waals surface area (Å²) in [4.78, 5) is 12.0. The molecule has 0 heterocycles. The summed E-state index contributed by atoms with van der Waals surface area (Å²) in [5.74, 6) is 1.01. The smallest absolute Gasteiger partial charge is 0.310 e. The van der Waals surface area contributed by atoms with Gasteiger partial charge in [-0.05, 0) is 36.8 Å². The van der Waals surface area contributed by atoms with Crippen molar-refractivity contribution < 1.29 is 14.3 Å². The van der Waals surface area contributed by atoms with Crippen molar-refractivity contribution in [2.24, 2.45) is 5.92 Å². The molecule has 1 rings (SSSR count). The van der Waals surface area contributed by atoms with Crippen LogP contribution in [0.25, 0.3) is 0 Å². The Morgan fingerprint density at radius 3 is 2.27 bits per heavy atom. The Balaban J connectivity index is 3.03. The molecule has 3 nitrogen and oxygen atoms in total. The molecule has 22 heavy (non-hydrogen) atoms. The van der Waals surface area contributed by atoms with E-state index < -0.39 is 0 Å². The minimum atomic E-state index is -0.213. The highest BCUT2D eigenvalue weighted by Crippen LogP contribution is 2.29. The Hall–Kier alpha value is -1.51. The standard InChI is InChI=1S/C19H30O3/c1-13(2)12-21-17-9-8-16(19(5,6)7)10-15(17)11-18(20)22-14(3)4/h8-10,13-14H,11-12H2,1-7H3. The van der Waals surface area contributed by atoms with Gasteiger partial charge >= 0.3 is 5.97 Å². The number of benzene rings is 1. The van der Waals surface area contributed by atoms with Crippen molar-refractivity contribution in [3.05, 3.63) is 29.3 Å². The Kier molecular flexibility index (Phi) is 6.46. The Morgan fingerprint density at radius 1 is 1.14 bits per heavy atom. The molecule has 0 fully saturated rings. The molecule has 0 aromatic heterocycles. The average Bonchev–Trinajstić information content (AvgIpc) is 2.34. The predicted molar refractivity (Wildman–Crippen MR) is 90.4 cm³/mol. The highest BCUT2D eigenvalue weighted by Gasteiger charge is 2.18. The third-order valence-electron chi connectivity index (χ3n) is 3.20. The summed E-state index contributed by atoms with van der Waals surface area (Å²) in [7, 11) is 0. The maximum absolute atomic E-state index is 12.0. The van der Waals surface area contributed by atoms with Gasteiger partial charge in [-0.1, -0.05) is 46.8 Å². The first kappa shape index (κ1) is 18.5. The second kappa shape index (κ2) is 7.66. The van der Waals surface area contributed by atoms with Crippen LogP contribution in [0.5, 0.6) is 5.75 Å². The second-order valence-electron chi connectivity index (χ2n) is 7.49. The topological polar surface area (TPSA) is 35.5 Å². The van der Waals surface area contributed by atoms with E-state index in [4.69, 9.17) is 9.47 Å². The molecule has 0 aliphatic rings. The number of rotatable bonds is 6. The van der Waals surface area contributed by atoms with E-state index in [9.17, 15) is 4.79 Å². The number of hydrogen-bond donors (Lipinski definition) is 0. The van der Waals surface area contributed by atoms with Crippen LogP contribution < -0.4 is 4.74 Å². The lowest BCUT2D eigenvalue weighted by molar-refractivity contribution is -0.146. The number of hydrogen-bond acceptors (Lipinski definition) is 3. The Labute approximate surface area is 135 Å². The molecule has 0 radical (unpaired) electrons. The third-order valence-corrected chi connectivity index (χ3v) is 3.20. The van der Waals surface area contributed by atoms with Crippen molar-refractivity contribution in [2.75, 3.05) is 6.61 Å². The fourth-order valence-electron chi connectivity index (χ4n) is 2.04. The van der Waals surface area contributed by atoms with Crippen LogP contribution in [0.3, 0.4) is 0 Å². The molecule has 0 atom stereocenters. The zero-order valence-electron chi connectivity index (χ0n) is 15.0. The van der Waals surface area contributed by atoms with Gasteiger partial charge in [0.1, 0.15) is 5.75 Å². The molecule has 3 heteroatoms. The van der Waals surface area contributed by atoms with E-state index in [0.717, 1.165) is 11.3 Å². The predicted octanol–water partition coefficient (Wildman–Crippen LogP) is 4.51. The summed E-state index contributed by atoms with van der Waals surface area (Å²) in [5, 5.41) is 0. The molecule has 0 amide bonds. The van der Waals surface area contributed by atoms with Gasteiger partial charge in [0.05, 0.1) is 19.1 Å². The van der Waals surface area contributed by atoms with Crippen LogP contribution >= 0.6 is 0 Å². The Morgan fingerprint density at radius 2 is 1.77 bits per heavy atom. The molecule has 0 saturated carbocycles. The molecular formula is C19H30O3. The van der Waals surface area contributed by atoms with Gasteiger partial charge in [0, 0.05) is 5.56 Å². The van der Waals surface area contributed by atoms with Gasteiger partial charge in [-0.25, -0.2) is 0 Å². The van der Waals surface area contributed by atoms with Crippen LogP contribution in [-0.2, 0) is 21.4 Å². The minimum absolute atomic E-state index is 0.0350. The van der Waals surface area contributed by atoms with Gasteiger partial charge in [-0.15, -0.1) is 0 Å². The van der Waals surface area contributed by atoms with E-state index in [-0.39, 0.29) is 23.9 Å². The molecule has 1 aromatic carbocycles. The van der Waals surface area contributed by atoms with Crippen LogP contribution in [0.2, 0.25) is 0 Å². The number of carbonyl (C=O) groups excluding carboxylic acids is 1. The van der Waals surface area contributed by atoms with Gasteiger partial charge in [0.25, 0.3) is 0 Å². The van der Waals surface area contributed by atoms with Crippen molar-refractivity contribution in [1.29, 1.82) is 0 Å². The number of ether oxygens (including phenoxy) is 2. The molecule has 1 aromatic rings. The van der Waals surface area contributed by atoms with Gasteiger partial charge in [-0.3, -0.25) is 4.79 Å². The van der Waals surface area contributed by atoms with Gasteiger partial charge in [0.15, 0.2) is 0 Å². The molecule has 0 aliphatic carbocycles. The minimum Gasteiger partial charge on any atom is -0.493 e. The summed E-state index contributed by atoms with van der Waals surface area (Å²) in [6.07, 6.45) is 0.147. The largest absolute Gasteiger partial charge is 0.493 e. The summed E-state index contributed by atoms with van der Waals surface area (Å²) >= 11 is 0. The molecule has 0 unspecified atom stereocenters. The fraction of sp³-hybridized carbons (Fsp3) is 0.632. The molecule has 0 spiro atoms. The zero-order chi connectivity index (χ0) is 16.9. The second-order valence-corrected chi connectivity index (χ2v) is 7.49. The van der Waals surface area contributed by atoms with E-state index in [1.54, 1.807) is 0 Å². The molecule has 0 bridgehead atoms. The maximum Gasteiger partial charge on any atom is 0.310 e. The molecule has 0 N–H and O–H groups in total. The van der Waals surface area contributed by atoms with E-state index in [1.165, 1.54) is 5.56 Å². The van der Waals surface area contributed by atoms with Crippen molar-refractivity contribution >= 4 is 5.97 Å². The van der Waals surface area contributed by atoms with Gasteiger partial charge in [0.2, 0.25) is 0 Å². The van der Waals surface area contributed by atoms with Crippen LogP contribution in [0.1, 0.15) is 59.6 Å². The molecular weight excluding hydrogens is 276 g/mol. The highest BCUT2D eigenvalue weighted by atomic mass is 16.5. The quantitative estimate of drug-likeness (QED) is 0.725. The first-order valence-electron chi connectivity index (χ1n) is 8.05. The lowest BCUT2D eigenvalue weighted by Gasteiger charge is -2.22. The molecule has 0 saturated heterocycles. The van der Waals surface area contributed by atoms with E-state index in [2.05, 4.69) is 46.8 Å². The maximum atomic E-state index is 12.0. The van der Waals surface area contributed by atoms with Crippen LogP contribution in [0.15, 0.2) is 18.2 Å². The SMILES string of the molecule is CC(C)COc1ccc(C(C)(C)C)cc1CC(=O)OC(C)C. The van der Waals surface area contributed by atoms with E-state index in [0.29, 0.717) is 12.5 Å². The summed E-state index contributed by atoms with van der Waals surface area (Å²) in [6.45, 7) is 15.1.